The minimum absolute atomic E-state index is 0.00393. The van der Waals surface area contributed by atoms with Crippen molar-refractivity contribution in [1.29, 1.82) is 0 Å². The van der Waals surface area contributed by atoms with Gasteiger partial charge in [0.05, 0.1) is 44.3 Å². The Morgan fingerprint density at radius 1 is 0.594 bits per heavy atom. The van der Waals surface area contributed by atoms with Gasteiger partial charge in [-0.3, -0.25) is 28.0 Å². The van der Waals surface area contributed by atoms with Gasteiger partial charge in [-0.15, -0.1) is 0 Å². The van der Waals surface area contributed by atoms with Crippen LogP contribution in [0.3, 0.4) is 0 Å². The number of H-pyrrole nitrogens is 1. The molecule has 64 heavy (non-hydrogen) atoms. The molecular formula is C39H25N7O15S3. The molecular weight excluding hydrogens is 903 g/mol. The van der Waals surface area contributed by atoms with Crippen molar-refractivity contribution >= 4 is 93.4 Å². The molecule has 1 aliphatic carbocycles. The van der Waals surface area contributed by atoms with Crippen molar-refractivity contribution in [2.45, 2.75) is 14.7 Å². The molecule has 2 heterocycles. The summed E-state index contributed by atoms with van der Waals surface area (Å²) in [6.07, 6.45) is 0. The molecule has 0 bridgehead atoms. The first kappa shape index (κ1) is 42.7. The second kappa shape index (κ2) is 15.4. The highest BCUT2D eigenvalue weighted by Crippen LogP contribution is 2.45. The van der Waals surface area contributed by atoms with E-state index in [1.165, 1.54) is 66.7 Å². The van der Waals surface area contributed by atoms with Crippen LogP contribution in [0.15, 0.2) is 117 Å². The predicted octanol–water partition coefficient (Wildman–Crippen LogP) is 4.53. The summed E-state index contributed by atoms with van der Waals surface area (Å²) in [5.41, 5.74) is -4.06. The van der Waals surface area contributed by atoms with Crippen LogP contribution in [-0.4, -0.2) is 86.6 Å². The lowest BCUT2D eigenvalue weighted by molar-refractivity contribution is 0.0697. The number of pyridine rings is 1. The van der Waals surface area contributed by atoms with Gasteiger partial charge in [0.2, 0.25) is 11.9 Å². The number of aromatic carboxylic acids is 1. The first-order chi connectivity index (χ1) is 30.1. The fourth-order valence-corrected chi connectivity index (χ4v) is 8.93. The molecule has 1 aliphatic rings. The zero-order valence-corrected chi connectivity index (χ0v) is 34.1. The van der Waals surface area contributed by atoms with Gasteiger partial charge in [-0.25, -0.2) is 4.79 Å². The number of nitrogens with one attached hydrogen (secondary N) is 4. The van der Waals surface area contributed by atoms with Crippen molar-refractivity contribution < 1.29 is 63.5 Å². The molecule has 0 radical (unpaired) electrons. The van der Waals surface area contributed by atoms with E-state index >= 15 is 0 Å². The summed E-state index contributed by atoms with van der Waals surface area (Å²) in [4.78, 5) is 65.0. The summed E-state index contributed by atoms with van der Waals surface area (Å²) in [6.45, 7) is 0. The Hall–Kier alpha value is -7.94. The summed E-state index contributed by atoms with van der Waals surface area (Å²) >= 11 is 0. The number of hydrogen-bond donors (Lipinski definition) is 9. The van der Waals surface area contributed by atoms with Crippen LogP contribution in [0.25, 0.3) is 22.0 Å². The Morgan fingerprint density at radius 2 is 1.20 bits per heavy atom. The third kappa shape index (κ3) is 7.87. The third-order valence-corrected chi connectivity index (χ3v) is 12.3. The molecule has 0 spiro atoms. The zero-order valence-electron chi connectivity index (χ0n) is 31.6. The Balaban J connectivity index is 1.31. The number of aromatic amines is 1. The molecule has 0 atom stereocenters. The Kier molecular flexibility index (Phi) is 10.3. The van der Waals surface area contributed by atoms with E-state index in [2.05, 4.69) is 35.9 Å². The fourth-order valence-electron chi connectivity index (χ4n) is 7.02. The van der Waals surface area contributed by atoms with E-state index in [0.717, 1.165) is 24.3 Å². The molecule has 25 heteroatoms. The molecule has 0 unspecified atom stereocenters. The van der Waals surface area contributed by atoms with Gasteiger partial charge >= 0.3 is 12.0 Å². The van der Waals surface area contributed by atoms with Crippen LogP contribution in [0.1, 0.15) is 42.2 Å². The standard InChI is InChI=1S/C39H25N7O15S3/c47-33(17-6-5-7-18(14-17)62(53,54)55)32-29-19-8-1-2-9-20(19)34(48)31-24(13-12-23(30(29)31)41-35(32)49)40-25-15-26(28(64(59,60)61)16-27(25)63(56,57)58)43-38-44-37(45-39(52)46-38)42-22-11-4-3-10-21(22)36(50)51/h1-16,40H,(H,41,49)(H,50,51)(H,53,54,55)(H,56,57,58)(H,59,60,61)(H3,42,43,44,45,46,52). The Labute approximate surface area is 358 Å². The first-order valence-electron chi connectivity index (χ1n) is 17.8. The number of carboxylic acids is 1. The van der Waals surface area contributed by atoms with Crippen LogP contribution in [0.2, 0.25) is 0 Å². The molecule has 0 saturated heterocycles. The molecule has 0 fully saturated rings. The first-order valence-corrected chi connectivity index (χ1v) is 22.1. The van der Waals surface area contributed by atoms with E-state index in [-0.39, 0.29) is 55.7 Å². The van der Waals surface area contributed by atoms with Crippen LogP contribution in [0.5, 0.6) is 6.01 Å². The number of benzene rings is 5. The molecule has 5 aromatic carbocycles. The van der Waals surface area contributed by atoms with Crippen molar-refractivity contribution in [3.63, 3.8) is 0 Å². The van der Waals surface area contributed by atoms with E-state index in [9.17, 15) is 68.3 Å². The highest BCUT2D eigenvalue weighted by molar-refractivity contribution is 7.87. The Bertz CT molecular complexity index is 3640. The van der Waals surface area contributed by atoms with Gasteiger partial charge in [-0.05, 0) is 54.1 Å². The lowest BCUT2D eigenvalue weighted by atomic mass is 9.80. The average molecular weight is 928 g/mol. The highest BCUT2D eigenvalue weighted by Gasteiger charge is 2.34. The quantitative estimate of drug-likeness (QED) is 0.0600. The highest BCUT2D eigenvalue weighted by atomic mass is 32.2. The van der Waals surface area contributed by atoms with Crippen LogP contribution >= 0.6 is 0 Å². The molecule has 324 valence electrons. The molecule has 7 aromatic rings. The normalized spacial score (nSPS) is 12.4. The number of aromatic nitrogens is 4. The predicted molar refractivity (Wildman–Crippen MR) is 224 cm³/mol. The number of carbonyl (C=O) groups excluding carboxylic acids is 2. The summed E-state index contributed by atoms with van der Waals surface area (Å²) in [7, 11) is -15.6. The van der Waals surface area contributed by atoms with Crippen LogP contribution in [-0.2, 0) is 30.4 Å². The van der Waals surface area contributed by atoms with E-state index in [1.54, 1.807) is 0 Å². The van der Waals surface area contributed by atoms with Gasteiger partial charge in [-0.2, -0.15) is 40.2 Å². The number of carboxylic acid groups (broad SMARTS) is 1. The second-order valence-electron chi connectivity index (χ2n) is 13.6. The number of ketones is 2. The van der Waals surface area contributed by atoms with Gasteiger partial charge in [0.15, 0.2) is 11.6 Å². The molecule has 0 aliphatic heterocycles. The summed E-state index contributed by atoms with van der Waals surface area (Å²) < 4.78 is 105. The maximum absolute atomic E-state index is 14.4. The van der Waals surface area contributed by atoms with Gasteiger partial charge in [-0.1, -0.05) is 48.5 Å². The monoisotopic (exact) mass is 927 g/mol. The molecule has 8 rings (SSSR count). The fraction of sp³-hybridized carbons (Fsp3) is 0. The van der Waals surface area contributed by atoms with E-state index in [1.807, 2.05) is 0 Å². The maximum Gasteiger partial charge on any atom is 0.337 e. The van der Waals surface area contributed by atoms with Crippen LogP contribution < -0.4 is 21.5 Å². The number of para-hydroxylation sites is 1. The second-order valence-corrected chi connectivity index (χ2v) is 17.8. The van der Waals surface area contributed by atoms with Gasteiger partial charge in [0, 0.05) is 27.6 Å². The smallest absolute Gasteiger partial charge is 0.337 e. The lowest BCUT2D eigenvalue weighted by Gasteiger charge is -2.24. The number of rotatable bonds is 12. The third-order valence-electron chi connectivity index (χ3n) is 9.65. The minimum atomic E-state index is -5.41. The average Bonchev–Trinajstić information content (AvgIpc) is 3.21. The summed E-state index contributed by atoms with van der Waals surface area (Å²) in [5.74, 6) is -4.22. The number of aromatic hydroxyl groups is 1. The summed E-state index contributed by atoms with van der Waals surface area (Å²) in [6, 6.07) is 18.1. The molecule has 2 aromatic heterocycles. The number of nitrogens with zero attached hydrogens (tertiary/aromatic N) is 3. The van der Waals surface area contributed by atoms with E-state index < -0.39 is 103 Å². The minimum Gasteiger partial charge on any atom is -0.479 e. The largest absolute Gasteiger partial charge is 0.479 e. The van der Waals surface area contributed by atoms with Gasteiger partial charge in [0.25, 0.3) is 35.9 Å². The van der Waals surface area contributed by atoms with Crippen molar-refractivity contribution in [2.75, 3.05) is 16.0 Å². The summed E-state index contributed by atoms with van der Waals surface area (Å²) in [5, 5.41) is 27.5. The van der Waals surface area contributed by atoms with E-state index in [4.69, 9.17) is 0 Å². The van der Waals surface area contributed by atoms with Crippen molar-refractivity contribution in [3.05, 3.63) is 135 Å². The van der Waals surface area contributed by atoms with Crippen molar-refractivity contribution in [3.8, 4) is 17.1 Å². The SMILES string of the molecule is O=C(O)c1ccccc1Nc1nc(O)nc(Nc2cc(Nc3ccc4[nH]c(=O)c(C(=O)c5cccc(S(=O)(=O)O)c5)c5c4c3C(=O)c3ccccc3-5)c(S(=O)(=O)O)cc2S(=O)(=O)O)n1. The van der Waals surface area contributed by atoms with Crippen molar-refractivity contribution in [2.24, 2.45) is 0 Å². The van der Waals surface area contributed by atoms with Gasteiger partial charge < -0.3 is 31.1 Å². The molecule has 0 amide bonds. The van der Waals surface area contributed by atoms with Crippen LogP contribution in [0.4, 0.5) is 34.6 Å². The van der Waals surface area contributed by atoms with Gasteiger partial charge in [0.1, 0.15) is 9.79 Å². The number of fused-ring (bicyclic) bond motifs is 2. The zero-order chi connectivity index (χ0) is 46.0. The number of hydrogen-bond acceptors (Lipinski definition) is 17. The van der Waals surface area contributed by atoms with Crippen LogP contribution in [0, 0.1) is 0 Å². The van der Waals surface area contributed by atoms with Crippen molar-refractivity contribution in [1.82, 2.24) is 19.9 Å². The number of carbonyl (C=O) groups is 3. The van der Waals surface area contributed by atoms with E-state index in [0.29, 0.717) is 6.07 Å². The molecule has 0 saturated carbocycles. The molecule has 22 nitrogen and oxygen atoms in total. The number of anilines is 6. The lowest BCUT2D eigenvalue weighted by Crippen LogP contribution is -2.24. The topological polar surface area (TPSA) is 362 Å². The maximum atomic E-state index is 14.4. The Morgan fingerprint density at radius 3 is 1.84 bits per heavy atom. The molecule has 9 N–H and O–H groups in total.